The number of nitrogens with zero attached hydrogens (tertiary/aromatic N) is 3. The van der Waals surface area contributed by atoms with Gasteiger partial charge in [0.15, 0.2) is 0 Å². The average Bonchev–Trinajstić information content (AvgIpc) is 3.33. The van der Waals surface area contributed by atoms with Crippen LogP contribution in [0.25, 0.3) is 10.2 Å². The first-order chi connectivity index (χ1) is 13.0. The van der Waals surface area contributed by atoms with Crippen LogP contribution in [0.5, 0.6) is 0 Å². The second-order valence-corrected chi connectivity index (χ2v) is 9.57. The second kappa shape index (κ2) is 7.44. The highest BCUT2D eigenvalue weighted by Gasteiger charge is 2.38. The lowest BCUT2D eigenvalue weighted by Crippen LogP contribution is -2.47. The van der Waals surface area contributed by atoms with Crippen molar-refractivity contribution in [3.63, 3.8) is 0 Å². The van der Waals surface area contributed by atoms with E-state index >= 15 is 0 Å². The SMILES string of the molecule is CNC(=O)c1sc2ncccc2c1[C@@H]1CCN(S(=O)(=O)N2CCOCC2)C1. The van der Waals surface area contributed by atoms with Crippen LogP contribution in [0.4, 0.5) is 0 Å². The van der Waals surface area contributed by atoms with E-state index in [-0.39, 0.29) is 11.8 Å². The van der Waals surface area contributed by atoms with Crippen LogP contribution in [0.3, 0.4) is 0 Å². The summed E-state index contributed by atoms with van der Waals surface area (Å²) in [6, 6.07) is 3.81. The Morgan fingerprint density at radius 1 is 1.30 bits per heavy atom. The van der Waals surface area contributed by atoms with Gasteiger partial charge in [-0.3, -0.25) is 4.79 Å². The van der Waals surface area contributed by atoms with Crippen LogP contribution >= 0.6 is 11.3 Å². The van der Waals surface area contributed by atoms with Crippen molar-refractivity contribution in [3.05, 3.63) is 28.8 Å². The van der Waals surface area contributed by atoms with E-state index in [1.807, 2.05) is 12.1 Å². The fraction of sp³-hybridized carbons (Fsp3) is 0.529. The Morgan fingerprint density at radius 2 is 2.07 bits per heavy atom. The fourth-order valence-electron chi connectivity index (χ4n) is 3.75. The molecule has 1 N–H and O–H groups in total. The largest absolute Gasteiger partial charge is 0.379 e. The third-order valence-electron chi connectivity index (χ3n) is 5.12. The van der Waals surface area contributed by atoms with E-state index in [1.54, 1.807) is 13.2 Å². The zero-order chi connectivity index (χ0) is 19.0. The number of thiophene rings is 1. The molecule has 0 saturated carbocycles. The van der Waals surface area contributed by atoms with Crippen LogP contribution in [-0.2, 0) is 14.9 Å². The summed E-state index contributed by atoms with van der Waals surface area (Å²) in [4.78, 5) is 18.2. The summed E-state index contributed by atoms with van der Waals surface area (Å²) >= 11 is 1.36. The molecule has 2 aromatic heterocycles. The van der Waals surface area contributed by atoms with Gasteiger partial charge in [-0.2, -0.15) is 17.0 Å². The van der Waals surface area contributed by atoms with E-state index in [1.165, 1.54) is 19.9 Å². The molecule has 2 aromatic rings. The Kier molecular flexibility index (Phi) is 5.17. The molecule has 2 fully saturated rings. The lowest BCUT2D eigenvalue weighted by molar-refractivity contribution is 0.0705. The Labute approximate surface area is 162 Å². The zero-order valence-corrected chi connectivity index (χ0v) is 16.7. The van der Waals surface area contributed by atoms with E-state index in [0.717, 1.165) is 15.8 Å². The molecular formula is C17H22N4O4S2. The smallest absolute Gasteiger partial charge is 0.282 e. The van der Waals surface area contributed by atoms with Gasteiger partial charge in [-0.05, 0) is 18.1 Å². The molecule has 0 aromatic carbocycles. The lowest BCUT2D eigenvalue weighted by Gasteiger charge is -2.30. The molecule has 0 bridgehead atoms. The van der Waals surface area contributed by atoms with Crippen molar-refractivity contribution in [3.8, 4) is 0 Å². The molecular weight excluding hydrogens is 388 g/mol. The minimum absolute atomic E-state index is 0.0222. The first kappa shape index (κ1) is 18.8. The summed E-state index contributed by atoms with van der Waals surface area (Å²) in [5.74, 6) is -0.173. The maximum Gasteiger partial charge on any atom is 0.282 e. The zero-order valence-electron chi connectivity index (χ0n) is 15.1. The fourth-order valence-corrected chi connectivity index (χ4v) is 6.57. The Hall–Kier alpha value is -1.59. The number of aromatic nitrogens is 1. The van der Waals surface area contributed by atoms with Gasteiger partial charge < -0.3 is 10.1 Å². The molecule has 27 heavy (non-hydrogen) atoms. The monoisotopic (exact) mass is 410 g/mol. The maximum atomic E-state index is 12.9. The van der Waals surface area contributed by atoms with Gasteiger partial charge in [-0.1, -0.05) is 6.07 Å². The molecule has 0 aliphatic carbocycles. The number of amides is 1. The summed E-state index contributed by atoms with van der Waals surface area (Å²) < 4.78 is 34.2. The van der Waals surface area contributed by atoms with Gasteiger partial charge in [0.1, 0.15) is 4.83 Å². The quantitative estimate of drug-likeness (QED) is 0.813. The molecule has 0 radical (unpaired) electrons. The third-order valence-corrected chi connectivity index (χ3v) is 8.25. The summed E-state index contributed by atoms with van der Waals surface area (Å²) in [5.41, 5.74) is 0.919. The molecule has 146 valence electrons. The number of rotatable bonds is 4. The van der Waals surface area contributed by atoms with Crippen molar-refractivity contribution in [1.82, 2.24) is 18.9 Å². The Morgan fingerprint density at radius 3 is 2.81 bits per heavy atom. The van der Waals surface area contributed by atoms with E-state index in [0.29, 0.717) is 50.7 Å². The van der Waals surface area contributed by atoms with Crippen molar-refractivity contribution in [2.75, 3.05) is 46.4 Å². The highest BCUT2D eigenvalue weighted by Crippen LogP contribution is 2.40. The Bertz CT molecular complexity index is 953. The van der Waals surface area contributed by atoms with Crippen molar-refractivity contribution < 1.29 is 17.9 Å². The van der Waals surface area contributed by atoms with Crippen LogP contribution in [0.2, 0.25) is 0 Å². The number of carbonyl (C=O) groups is 1. The Balaban J connectivity index is 1.65. The van der Waals surface area contributed by atoms with Gasteiger partial charge in [0.2, 0.25) is 0 Å². The highest BCUT2D eigenvalue weighted by molar-refractivity contribution is 7.86. The van der Waals surface area contributed by atoms with Gasteiger partial charge in [0.05, 0.1) is 18.1 Å². The average molecular weight is 411 g/mol. The van der Waals surface area contributed by atoms with Crippen molar-refractivity contribution in [1.29, 1.82) is 0 Å². The predicted molar refractivity (Wildman–Crippen MR) is 103 cm³/mol. The summed E-state index contributed by atoms with van der Waals surface area (Å²) in [6.45, 7) is 2.46. The highest BCUT2D eigenvalue weighted by atomic mass is 32.2. The van der Waals surface area contributed by atoms with Gasteiger partial charge in [0, 0.05) is 50.7 Å². The van der Waals surface area contributed by atoms with Crippen molar-refractivity contribution >= 4 is 37.7 Å². The number of pyridine rings is 1. The van der Waals surface area contributed by atoms with E-state index < -0.39 is 10.2 Å². The topological polar surface area (TPSA) is 91.8 Å². The van der Waals surface area contributed by atoms with Crippen LogP contribution in [0, 0.1) is 0 Å². The number of fused-ring (bicyclic) bond motifs is 1. The first-order valence-corrected chi connectivity index (χ1v) is 11.2. The molecule has 4 heterocycles. The molecule has 1 amide bonds. The summed E-state index contributed by atoms with van der Waals surface area (Å²) in [6.07, 6.45) is 2.40. The van der Waals surface area contributed by atoms with E-state index in [4.69, 9.17) is 4.74 Å². The molecule has 0 spiro atoms. The number of hydrogen-bond donors (Lipinski definition) is 1. The van der Waals surface area contributed by atoms with Gasteiger partial charge >= 0.3 is 0 Å². The number of morpholine rings is 1. The minimum Gasteiger partial charge on any atom is -0.379 e. The first-order valence-electron chi connectivity index (χ1n) is 8.95. The molecule has 1 atom stereocenters. The van der Waals surface area contributed by atoms with Crippen LogP contribution < -0.4 is 5.32 Å². The molecule has 8 nitrogen and oxygen atoms in total. The molecule has 4 rings (SSSR count). The number of carbonyl (C=O) groups excluding carboxylic acids is 1. The minimum atomic E-state index is -3.50. The van der Waals surface area contributed by atoms with Gasteiger partial charge in [-0.15, -0.1) is 11.3 Å². The third kappa shape index (κ3) is 3.36. The molecule has 2 saturated heterocycles. The summed E-state index contributed by atoms with van der Waals surface area (Å²) in [7, 11) is -1.90. The van der Waals surface area contributed by atoms with Crippen LogP contribution in [-0.4, -0.2) is 74.4 Å². The molecule has 0 unspecified atom stereocenters. The van der Waals surface area contributed by atoms with Crippen molar-refractivity contribution in [2.24, 2.45) is 0 Å². The van der Waals surface area contributed by atoms with Crippen molar-refractivity contribution in [2.45, 2.75) is 12.3 Å². The van der Waals surface area contributed by atoms with Gasteiger partial charge in [0.25, 0.3) is 16.1 Å². The number of nitrogens with one attached hydrogen (secondary N) is 1. The van der Waals surface area contributed by atoms with E-state index in [9.17, 15) is 13.2 Å². The summed E-state index contributed by atoms with van der Waals surface area (Å²) in [5, 5.41) is 3.63. The van der Waals surface area contributed by atoms with Gasteiger partial charge in [-0.25, -0.2) is 4.98 Å². The molecule has 10 heteroatoms. The second-order valence-electron chi connectivity index (χ2n) is 6.64. The molecule has 2 aliphatic heterocycles. The van der Waals surface area contributed by atoms with E-state index in [2.05, 4.69) is 10.3 Å². The van der Waals surface area contributed by atoms with Crippen LogP contribution in [0.1, 0.15) is 27.6 Å². The van der Waals surface area contributed by atoms with Crippen LogP contribution in [0.15, 0.2) is 18.3 Å². The normalized spacial score (nSPS) is 22.3. The molecule has 2 aliphatic rings. The predicted octanol–water partition coefficient (Wildman–Crippen LogP) is 1.02. The number of ether oxygens (including phenoxy) is 1. The lowest BCUT2D eigenvalue weighted by atomic mass is 9.95. The number of hydrogen-bond acceptors (Lipinski definition) is 6. The maximum absolute atomic E-state index is 12.9. The standard InChI is InChI=1S/C17H22N4O4S2/c1-18-16(22)15-14(13-3-2-5-19-17(13)26-15)12-4-6-21(11-12)27(23,24)20-7-9-25-10-8-20/h2-3,5,12H,4,6-11H2,1H3,(H,18,22)/t12-/m1/s1.